The van der Waals surface area contributed by atoms with Gasteiger partial charge in [-0.2, -0.15) is 0 Å². The third-order valence-corrected chi connectivity index (χ3v) is 18.6. The fraction of sp³-hybridized carbons (Fsp3) is 0.439. The number of fused-ring (bicyclic) bond motifs is 17. The Bertz CT molecular complexity index is 4000. The van der Waals surface area contributed by atoms with Crippen molar-refractivity contribution in [2.75, 3.05) is 20.2 Å². The first-order valence-electron chi connectivity index (χ1n) is 31.5. The Hall–Kier alpha value is -8.67. The average molecular weight is 1420 g/mol. The number of aliphatic hydroxyl groups excluding tert-OH is 4. The lowest BCUT2D eigenvalue weighted by Gasteiger charge is -2.44. The van der Waals surface area contributed by atoms with Gasteiger partial charge in [0.2, 0.25) is 41.6 Å². The summed E-state index contributed by atoms with van der Waals surface area (Å²) >= 11 is 14.2. The number of carbonyl (C=O) groups excluding carboxylic acids is 5. The molecule has 5 aromatic rings. The van der Waals surface area contributed by atoms with E-state index in [4.69, 9.17) is 62.1 Å². The van der Waals surface area contributed by atoms with Crippen molar-refractivity contribution < 1.29 is 113 Å². The number of aliphatic hydroxyl groups is 4. The van der Waals surface area contributed by atoms with Crippen LogP contribution in [0.2, 0.25) is 10.0 Å². The van der Waals surface area contributed by atoms with Gasteiger partial charge in [0.15, 0.2) is 29.9 Å². The predicted molar refractivity (Wildman–Crippen MR) is 344 cm³/mol. The van der Waals surface area contributed by atoms with Gasteiger partial charge in [-0.25, -0.2) is 4.79 Å². The SMILES string of the molecule is CN[C@H](CC(C)C)C(=O)NC1CNC(C(=O)O)CC(=O)N[C@H]2C(=O)N[C@H]3C(=O)N[C@H](C(=O)N[C@@H](C(=O)O)c4cc(O)cc(O)c4-c4cc3ccc4O)[C@H](O)c3ccc(c(Cl)c3)Oc3cc2cc(c3OC2OC(CO)C3OC3C2OC2CC(C)(N)C(O)C(C)O2)Oc2ccc(cc2Cl)[C@H]1O. The zero-order valence-electron chi connectivity index (χ0n) is 53.5. The number of nitrogens with one attached hydrogen (secondary N) is 7. The summed E-state index contributed by atoms with van der Waals surface area (Å²) in [5, 5.41) is 119. The molecule has 3 fully saturated rings. The molecule has 8 aliphatic heterocycles. The molecule has 11 bridgehead atoms. The second-order valence-electron chi connectivity index (χ2n) is 25.8. The van der Waals surface area contributed by atoms with Gasteiger partial charge >= 0.3 is 11.9 Å². The van der Waals surface area contributed by atoms with Crippen molar-refractivity contribution in [3.8, 4) is 57.1 Å². The molecule has 18 N–H and O–H groups in total. The molecule has 18 atom stereocenters. The lowest BCUT2D eigenvalue weighted by atomic mass is 9.86. The number of amides is 5. The fourth-order valence-electron chi connectivity index (χ4n) is 12.8. The number of likely N-dealkylation sites (N-methyl/N-ethyl adjacent to an activating group) is 1. The van der Waals surface area contributed by atoms with E-state index in [0.717, 1.165) is 48.5 Å². The highest BCUT2D eigenvalue weighted by Crippen LogP contribution is 2.51. The van der Waals surface area contributed by atoms with Crippen LogP contribution >= 0.6 is 23.2 Å². The summed E-state index contributed by atoms with van der Waals surface area (Å²) in [5.41, 5.74) is 3.11. The molecule has 0 saturated carbocycles. The van der Waals surface area contributed by atoms with Crippen molar-refractivity contribution >= 4 is 64.7 Å². The van der Waals surface area contributed by atoms with Gasteiger partial charge in [-0.05, 0) is 110 Å². The summed E-state index contributed by atoms with van der Waals surface area (Å²) in [5.74, 6) is -13.3. The van der Waals surface area contributed by atoms with Crippen LogP contribution in [0.15, 0.2) is 78.9 Å². The van der Waals surface area contributed by atoms with Crippen LogP contribution < -0.4 is 57.2 Å². The van der Waals surface area contributed by atoms with Gasteiger partial charge < -0.3 is 122 Å². The molecule has 0 spiro atoms. The minimum absolute atomic E-state index is 0.0115. The average Bonchev–Trinajstić information content (AvgIpc) is 1.63. The first-order valence-corrected chi connectivity index (χ1v) is 32.3. The number of nitrogens with two attached hydrogens (primary N) is 1. The molecule has 11 unspecified atom stereocenters. The molecular formula is C66H74Cl2N8O23. The van der Waals surface area contributed by atoms with Gasteiger partial charge in [-0.3, -0.25) is 28.8 Å². The van der Waals surface area contributed by atoms with Crippen LogP contribution in [0.4, 0.5) is 0 Å². The summed E-state index contributed by atoms with van der Waals surface area (Å²) in [7, 11) is 1.56. The van der Waals surface area contributed by atoms with E-state index in [1.54, 1.807) is 20.9 Å². The van der Waals surface area contributed by atoms with Gasteiger partial charge in [0.1, 0.15) is 83.4 Å². The summed E-state index contributed by atoms with van der Waals surface area (Å²) in [6, 6.07) is 2.00. The second-order valence-corrected chi connectivity index (χ2v) is 26.6. The molecule has 5 aromatic carbocycles. The number of rotatable bonds is 12. The van der Waals surface area contributed by atoms with Crippen molar-refractivity contribution in [3.63, 3.8) is 0 Å². The first kappa shape index (κ1) is 71.6. The number of carboxylic acid groups (broad SMARTS) is 2. The van der Waals surface area contributed by atoms with E-state index in [1.807, 2.05) is 13.8 Å². The van der Waals surface area contributed by atoms with Crippen molar-refractivity contribution in [3.05, 3.63) is 117 Å². The molecule has 0 aromatic heterocycles. The Morgan fingerprint density at radius 1 is 0.737 bits per heavy atom. The molecule has 5 amide bonds. The highest BCUT2D eigenvalue weighted by atomic mass is 35.5. The highest BCUT2D eigenvalue weighted by Gasteiger charge is 2.61. The van der Waals surface area contributed by atoms with Crippen LogP contribution in [0.1, 0.15) is 105 Å². The van der Waals surface area contributed by atoms with Gasteiger partial charge in [0.05, 0.1) is 47.4 Å². The summed E-state index contributed by atoms with van der Waals surface area (Å²) in [6.07, 6.45) is -13.4. The van der Waals surface area contributed by atoms with Gasteiger partial charge in [-0.1, -0.05) is 55.2 Å². The lowest BCUT2D eigenvalue weighted by Crippen LogP contribution is -2.61. The van der Waals surface area contributed by atoms with E-state index < -0.39 is 221 Å². The predicted octanol–water partition coefficient (Wildman–Crippen LogP) is 2.22. The normalized spacial score (nSPS) is 30.3. The van der Waals surface area contributed by atoms with Crippen molar-refractivity contribution in [2.24, 2.45) is 11.7 Å². The molecule has 33 heteroatoms. The van der Waals surface area contributed by atoms with E-state index in [-0.39, 0.29) is 56.1 Å². The number of epoxide rings is 1. The van der Waals surface area contributed by atoms with Crippen molar-refractivity contribution in [1.82, 2.24) is 37.2 Å². The first-order chi connectivity index (χ1) is 46.9. The number of hydrogen-bond donors (Lipinski definition) is 17. The third kappa shape index (κ3) is 15.1. The maximum absolute atomic E-state index is 15.9. The smallest absolute Gasteiger partial charge is 0.330 e. The maximum Gasteiger partial charge on any atom is 0.330 e. The van der Waals surface area contributed by atoms with E-state index in [9.17, 15) is 69.9 Å². The van der Waals surface area contributed by atoms with Crippen LogP contribution in [0, 0.1) is 5.92 Å². The molecule has 0 radical (unpaired) electrons. The van der Waals surface area contributed by atoms with E-state index in [1.165, 1.54) is 30.3 Å². The standard InChI is InChI=1S/C66H74Cl2N8O23/c1-24(2)12-35(70-5)59(85)72-37-22-71-36(63(89)90)20-45(81)73-49-29-16-42(94-40-10-7-27(52(37)82)14-33(40)67)54(99-65-57(56-55(98-56)44(23-77)96-65)97-46-21-66(4,69)58(84)25(3)93-46)43(17-29)95-41-11-8-28(15-34(41)68)53(83)51-62(88)75-50(64(91)92)32-18-30(78)19-39(80)47(32)31-13-26(6-9-38(31)79)48(60(86)76-51)74-61(49)87/h6-11,13-19,24-25,35-37,44,46,48-53,55-58,65,70-71,77-80,82-84H,12,20-23,69H2,1-5H3,(H,72,85)(H,73,81)(H,74,87)(H,75,88)(H,76,86)(H,89,90)(H,91,92)/t25?,35-,36?,37?,44?,46?,48-,49-,50-,51+,52-,53-,55?,56?,57?,58?,65?,66?/m1/s1. The Morgan fingerprint density at radius 2 is 1.37 bits per heavy atom. The van der Waals surface area contributed by atoms with E-state index >= 15 is 9.59 Å². The van der Waals surface area contributed by atoms with Gasteiger partial charge in [-0.15, -0.1) is 0 Å². The number of aromatic hydroxyl groups is 3. The Morgan fingerprint density at radius 3 is 1.98 bits per heavy atom. The molecule has 3 saturated heterocycles. The Labute approximate surface area is 574 Å². The molecule has 8 aliphatic rings. The minimum atomic E-state index is -2.23. The number of aliphatic carboxylic acids is 2. The quantitative estimate of drug-likeness (QED) is 0.0796. The largest absolute Gasteiger partial charge is 0.508 e. The van der Waals surface area contributed by atoms with E-state index in [0.29, 0.717) is 6.42 Å². The molecule has 0 aliphatic carbocycles. The van der Waals surface area contributed by atoms with Crippen LogP contribution in [0.3, 0.4) is 0 Å². The van der Waals surface area contributed by atoms with Crippen LogP contribution in [-0.2, 0) is 52.5 Å². The topological polar surface area (TPSA) is 480 Å². The molecule has 8 heterocycles. The Balaban J connectivity index is 1.13. The number of phenols is 3. The number of benzene rings is 5. The monoisotopic (exact) mass is 1420 g/mol. The van der Waals surface area contributed by atoms with Crippen LogP contribution in [0.5, 0.6) is 46.0 Å². The zero-order valence-corrected chi connectivity index (χ0v) is 55.0. The fourth-order valence-corrected chi connectivity index (χ4v) is 13.2. The minimum Gasteiger partial charge on any atom is -0.508 e. The summed E-state index contributed by atoms with van der Waals surface area (Å²) in [4.78, 5) is 101. The molecule has 99 heavy (non-hydrogen) atoms. The van der Waals surface area contributed by atoms with Gasteiger partial charge in [0, 0.05) is 41.3 Å². The number of ether oxygens (including phenoxy) is 7. The summed E-state index contributed by atoms with van der Waals surface area (Å²) < 4.78 is 45.3. The maximum atomic E-state index is 15.9. The van der Waals surface area contributed by atoms with Crippen LogP contribution in [0.25, 0.3) is 11.1 Å². The molecule has 530 valence electrons. The molecule has 31 nitrogen and oxygen atoms in total. The van der Waals surface area contributed by atoms with Crippen molar-refractivity contribution in [2.45, 2.75) is 156 Å². The van der Waals surface area contributed by atoms with Crippen LogP contribution in [-0.4, -0.2) is 187 Å². The molecule has 13 rings (SSSR count). The number of halogens is 2. The number of phenolic OH excluding ortho intramolecular Hbond substituents is 3. The molecular weight excluding hydrogens is 1340 g/mol. The lowest BCUT2D eigenvalue weighted by molar-refractivity contribution is -0.292. The highest BCUT2D eigenvalue weighted by molar-refractivity contribution is 6.32. The summed E-state index contributed by atoms with van der Waals surface area (Å²) in [6.45, 7) is 5.83. The number of hydrogen-bond acceptors (Lipinski definition) is 24. The Kier molecular flexibility index (Phi) is 20.9. The number of carboxylic acids is 2. The third-order valence-electron chi connectivity index (χ3n) is 18.0. The van der Waals surface area contributed by atoms with E-state index in [2.05, 4.69) is 37.2 Å². The zero-order chi connectivity index (χ0) is 71.4. The number of carbonyl (C=O) groups is 7. The second kappa shape index (κ2) is 28.9. The van der Waals surface area contributed by atoms with Crippen molar-refractivity contribution in [1.29, 1.82) is 0 Å². The van der Waals surface area contributed by atoms with Gasteiger partial charge in [0.25, 0.3) is 0 Å².